The molecule has 0 aliphatic carbocycles. The quantitative estimate of drug-likeness (QED) is 0.608. The molecule has 3 aromatic rings. The van der Waals surface area contributed by atoms with Gasteiger partial charge in [0.1, 0.15) is 12.4 Å². The molecule has 1 aromatic heterocycles. The Hall–Kier alpha value is -2.46. The average molecular weight is 463 g/mol. The first-order valence-electron chi connectivity index (χ1n) is 10.0. The maximum atomic E-state index is 12.9. The molecule has 0 spiro atoms. The number of rotatable bonds is 6. The smallest absolute Gasteiger partial charge is 0.244 e. The van der Waals surface area contributed by atoms with Crippen molar-refractivity contribution in [2.75, 3.05) is 31.6 Å². The van der Waals surface area contributed by atoms with Crippen LogP contribution in [0.3, 0.4) is 0 Å². The summed E-state index contributed by atoms with van der Waals surface area (Å²) < 4.78 is 34.3. The Labute approximate surface area is 185 Å². The van der Waals surface area contributed by atoms with Gasteiger partial charge in [-0.2, -0.15) is 4.31 Å². The minimum atomic E-state index is -3.70. The number of halogens is 1. The van der Waals surface area contributed by atoms with Crippen LogP contribution in [0.4, 0.5) is 5.69 Å². The van der Waals surface area contributed by atoms with Gasteiger partial charge in [0.15, 0.2) is 0 Å². The van der Waals surface area contributed by atoms with E-state index in [1.165, 1.54) is 22.5 Å². The third-order valence-corrected chi connectivity index (χ3v) is 7.40. The number of carbonyl (C=O) groups excluding carboxylic acids is 1. The van der Waals surface area contributed by atoms with Gasteiger partial charge in [0.2, 0.25) is 15.9 Å². The van der Waals surface area contributed by atoms with Crippen LogP contribution in [-0.4, -0.2) is 54.5 Å². The zero-order chi connectivity index (χ0) is 22.0. The van der Waals surface area contributed by atoms with Gasteiger partial charge in [-0.05, 0) is 30.3 Å². The normalized spacial score (nSPS) is 15.3. The number of hydrogen-bond acceptors (Lipinski definition) is 5. The highest BCUT2D eigenvalue weighted by Crippen LogP contribution is 2.27. The van der Waals surface area contributed by atoms with Crippen molar-refractivity contribution in [3.05, 3.63) is 53.3 Å². The van der Waals surface area contributed by atoms with Crippen molar-refractivity contribution in [2.45, 2.75) is 24.8 Å². The zero-order valence-electron chi connectivity index (χ0n) is 17.0. The molecule has 1 fully saturated rings. The molecule has 164 valence electrons. The van der Waals surface area contributed by atoms with E-state index in [9.17, 15) is 13.2 Å². The minimum Gasteiger partial charge on any atom is -0.379 e. The predicted octanol–water partition coefficient (Wildman–Crippen LogP) is 2.91. The highest BCUT2D eigenvalue weighted by atomic mass is 35.5. The first kappa shape index (κ1) is 21.8. The number of aryl methyl sites for hydroxylation is 1. The van der Waals surface area contributed by atoms with Crippen LogP contribution in [-0.2, 0) is 32.5 Å². The number of ether oxygens (including phenoxy) is 1. The summed E-state index contributed by atoms with van der Waals surface area (Å²) in [6, 6.07) is 11.9. The monoisotopic (exact) mass is 462 g/mol. The third kappa shape index (κ3) is 4.45. The second-order valence-corrected chi connectivity index (χ2v) is 9.51. The largest absolute Gasteiger partial charge is 0.379 e. The molecule has 10 heteroatoms. The number of imidazole rings is 1. The van der Waals surface area contributed by atoms with Gasteiger partial charge >= 0.3 is 0 Å². The van der Waals surface area contributed by atoms with Gasteiger partial charge in [0.25, 0.3) is 0 Å². The summed E-state index contributed by atoms with van der Waals surface area (Å²) in [6.07, 6.45) is 0.677. The van der Waals surface area contributed by atoms with Gasteiger partial charge in [0, 0.05) is 19.5 Å². The summed E-state index contributed by atoms with van der Waals surface area (Å²) >= 11 is 6.25. The van der Waals surface area contributed by atoms with Crippen LogP contribution in [0.25, 0.3) is 11.0 Å². The average Bonchev–Trinajstić information content (AvgIpc) is 3.13. The number of nitrogens with one attached hydrogen (secondary N) is 1. The van der Waals surface area contributed by atoms with Crippen molar-refractivity contribution in [2.24, 2.45) is 0 Å². The predicted molar refractivity (Wildman–Crippen MR) is 119 cm³/mol. The van der Waals surface area contributed by atoms with Crippen molar-refractivity contribution in [3.63, 3.8) is 0 Å². The molecule has 1 aliphatic heterocycles. The highest BCUT2D eigenvalue weighted by molar-refractivity contribution is 7.89. The fraction of sp³-hybridized carbons (Fsp3) is 0.333. The standard InChI is InChI=1S/C21H23ClN4O4S/c1-2-20-23-17-5-3-4-6-19(17)26(20)14-21(27)24-18-13-15(7-8-16(18)22)31(28,29)25-9-11-30-12-10-25/h3-8,13H,2,9-12,14H2,1H3,(H,24,27). The number of carbonyl (C=O) groups is 1. The maximum absolute atomic E-state index is 12.9. The molecule has 8 nitrogen and oxygen atoms in total. The number of anilines is 1. The molecule has 0 radical (unpaired) electrons. The Bertz CT molecular complexity index is 1220. The van der Waals surface area contributed by atoms with E-state index < -0.39 is 10.0 Å². The molecule has 2 heterocycles. The Balaban J connectivity index is 1.57. The summed E-state index contributed by atoms with van der Waals surface area (Å²) in [5.41, 5.74) is 1.94. The van der Waals surface area contributed by atoms with E-state index in [-0.39, 0.29) is 28.1 Å². The summed E-state index contributed by atoms with van der Waals surface area (Å²) in [7, 11) is -3.70. The molecule has 0 saturated carbocycles. The second-order valence-electron chi connectivity index (χ2n) is 7.16. The maximum Gasteiger partial charge on any atom is 0.244 e. The van der Waals surface area contributed by atoms with E-state index in [0.29, 0.717) is 32.7 Å². The lowest BCUT2D eigenvalue weighted by Crippen LogP contribution is -2.40. The number of fused-ring (bicyclic) bond motifs is 1. The van der Waals surface area contributed by atoms with Gasteiger partial charge < -0.3 is 14.6 Å². The number of benzene rings is 2. The summed E-state index contributed by atoms with van der Waals surface area (Å²) in [6.45, 7) is 3.32. The van der Waals surface area contributed by atoms with Crippen LogP contribution < -0.4 is 5.32 Å². The van der Waals surface area contributed by atoms with Gasteiger partial charge in [-0.25, -0.2) is 13.4 Å². The van der Waals surface area contributed by atoms with E-state index in [1.54, 1.807) is 0 Å². The molecule has 1 N–H and O–H groups in total. The lowest BCUT2D eigenvalue weighted by molar-refractivity contribution is -0.116. The molecule has 2 aromatic carbocycles. The van der Waals surface area contributed by atoms with E-state index in [4.69, 9.17) is 16.3 Å². The number of hydrogen-bond donors (Lipinski definition) is 1. The molecule has 0 bridgehead atoms. The van der Waals surface area contributed by atoms with E-state index in [2.05, 4.69) is 10.3 Å². The molecule has 4 rings (SSSR count). The fourth-order valence-electron chi connectivity index (χ4n) is 3.60. The van der Waals surface area contributed by atoms with Gasteiger partial charge in [0.05, 0.1) is 39.9 Å². The molecule has 0 atom stereocenters. The lowest BCUT2D eigenvalue weighted by Gasteiger charge is -2.26. The Morgan fingerprint density at radius 2 is 1.94 bits per heavy atom. The lowest BCUT2D eigenvalue weighted by atomic mass is 10.3. The summed E-state index contributed by atoms with van der Waals surface area (Å²) in [5, 5.41) is 3.02. The third-order valence-electron chi connectivity index (χ3n) is 5.17. The van der Waals surface area contributed by atoms with Gasteiger partial charge in [-0.15, -0.1) is 0 Å². The topological polar surface area (TPSA) is 93.5 Å². The van der Waals surface area contributed by atoms with Crippen LogP contribution in [0.1, 0.15) is 12.7 Å². The van der Waals surface area contributed by atoms with Gasteiger partial charge in [-0.3, -0.25) is 4.79 Å². The Kier molecular flexibility index (Phi) is 6.29. The fourth-order valence-corrected chi connectivity index (χ4v) is 5.20. The molecule has 0 unspecified atom stereocenters. The highest BCUT2D eigenvalue weighted by Gasteiger charge is 2.27. The van der Waals surface area contributed by atoms with Crippen molar-refractivity contribution in [1.29, 1.82) is 0 Å². The number of amides is 1. The van der Waals surface area contributed by atoms with Crippen LogP contribution in [0.2, 0.25) is 5.02 Å². The number of aromatic nitrogens is 2. The Morgan fingerprint density at radius 3 is 2.68 bits per heavy atom. The number of morpholine rings is 1. The van der Waals surface area contributed by atoms with E-state index in [1.807, 2.05) is 35.8 Å². The van der Waals surface area contributed by atoms with Crippen LogP contribution in [0.15, 0.2) is 47.4 Å². The van der Waals surface area contributed by atoms with E-state index in [0.717, 1.165) is 16.9 Å². The summed E-state index contributed by atoms with van der Waals surface area (Å²) in [5.74, 6) is 0.478. The van der Waals surface area contributed by atoms with Crippen molar-refractivity contribution in [3.8, 4) is 0 Å². The number of nitrogens with zero attached hydrogens (tertiary/aromatic N) is 3. The SMILES string of the molecule is CCc1nc2ccccc2n1CC(=O)Nc1cc(S(=O)(=O)N2CCOCC2)ccc1Cl. The molecule has 31 heavy (non-hydrogen) atoms. The minimum absolute atomic E-state index is 0.0421. The second kappa shape index (κ2) is 8.96. The molecular formula is C21H23ClN4O4S. The molecular weight excluding hydrogens is 440 g/mol. The summed E-state index contributed by atoms with van der Waals surface area (Å²) in [4.78, 5) is 17.5. The van der Waals surface area contributed by atoms with Crippen LogP contribution >= 0.6 is 11.6 Å². The van der Waals surface area contributed by atoms with Crippen molar-refractivity contribution in [1.82, 2.24) is 13.9 Å². The first-order valence-corrected chi connectivity index (χ1v) is 11.8. The van der Waals surface area contributed by atoms with E-state index >= 15 is 0 Å². The number of sulfonamides is 1. The van der Waals surface area contributed by atoms with Crippen molar-refractivity contribution < 1.29 is 17.9 Å². The number of para-hydroxylation sites is 2. The molecule has 1 saturated heterocycles. The van der Waals surface area contributed by atoms with Crippen molar-refractivity contribution >= 4 is 44.3 Å². The zero-order valence-corrected chi connectivity index (χ0v) is 18.6. The van der Waals surface area contributed by atoms with Crippen LogP contribution in [0, 0.1) is 0 Å². The van der Waals surface area contributed by atoms with Crippen LogP contribution in [0.5, 0.6) is 0 Å². The molecule has 1 aliphatic rings. The first-order chi connectivity index (χ1) is 14.9. The molecule has 1 amide bonds. The Morgan fingerprint density at radius 1 is 1.19 bits per heavy atom. The van der Waals surface area contributed by atoms with Gasteiger partial charge in [-0.1, -0.05) is 30.7 Å².